The number of hydrogen-bond donors (Lipinski definition) is 3. The predicted octanol–water partition coefficient (Wildman–Crippen LogP) is 4.86. The number of rotatable bonds is 10. The summed E-state index contributed by atoms with van der Waals surface area (Å²) < 4.78 is 25.5. The van der Waals surface area contributed by atoms with Crippen LogP contribution >= 0.6 is 11.6 Å². The number of likely N-dealkylation sites (N-methyl/N-ethyl adjacent to an activating group) is 1. The van der Waals surface area contributed by atoms with Crippen LogP contribution in [0.5, 0.6) is 0 Å². The van der Waals surface area contributed by atoms with Crippen molar-refractivity contribution >= 4 is 56.2 Å². The normalized spacial score (nSPS) is 11.8. The number of nitrogens with zero attached hydrogens (tertiary/aromatic N) is 3. The first-order valence-electron chi connectivity index (χ1n) is 11.2. The van der Waals surface area contributed by atoms with E-state index in [2.05, 4.69) is 25.9 Å². The van der Waals surface area contributed by atoms with Gasteiger partial charge in [-0.3, -0.25) is 4.79 Å². The monoisotopic (exact) mass is 528 g/mol. The van der Waals surface area contributed by atoms with E-state index in [4.69, 9.17) is 11.6 Å². The van der Waals surface area contributed by atoms with E-state index in [9.17, 15) is 13.2 Å². The molecule has 0 atom stereocenters. The molecule has 0 saturated heterocycles. The standard InChI is InChI=1S/C25H29ClN6O3S/c1-17(2)36(34,35)22-9-6-5-8-21(22)30-24-20(26)16-27-25(31-24)29-19-13-11-18(12-14-19)28-23(33)10-7-15-32(3)4/h5-14,16-17H,15H2,1-4H3,(H,28,33)(H2,27,29,30,31)/b10-7+. The van der Waals surface area contributed by atoms with Crippen molar-refractivity contribution in [1.29, 1.82) is 0 Å². The third-order valence-corrected chi connectivity index (χ3v) is 7.45. The van der Waals surface area contributed by atoms with Gasteiger partial charge in [0.2, 0.25) is 11.9 Å². The molecule has 36 heavy (non-hydrogen) atoms. The quantitative estimate of drug-likeness (QED) is 0.320. The molecule has 1 aromatic heterocycles. The maximum absolute atomic E-state index is 12.8. The van der Waals surface area contributed by atoms with Gasteiger partial charge in [0.15, 0.2) is 15.7 Å². The molecule has 1 amide bonds. The molecular weight excluding hydrogens is 500 g/mol. The van der Waals surface area contributed by atoms with Gasteiger partial charge in [0.05, 0.1) is 22.0 Å². The van der Waals surface area contributed by atoms with E-state index in [-0.39, 0.29) is 27.6 Å². The number of para-hydroxylation sites is 1. The Kier molecular flexibility index (Phi) is 9.03. The average Bonchev–Trinajstić information content (AvgIpc) is 2.82. The fourth-order valence-electron chi connectivity index (χ4n) is 3.04. The molecule has 0 fully saturated rings. The maximum atomic E-state index is 12.8. The van der Waals surface area contributed by atoms with Crippen molar-refractivity contribution in [2.45, 2.75) is 24.0 Å². The molecule has 0 spiro atoms. The summed E-state index contributed by atoms with van der Waals surface area (Å²) in [5, 5.41) is 8.55. The van der Waals surface area contributed by atoms with E-state index in [1.54, 1.807) is 68.5 Å². The van der Waals surface area contributed by atoms with Crippen LogP contribution in [0.25, 0.3) is 0 Å². The van der Waals surface area contributed by atoms with Crippen LogP contribution in [0.4, 0.5) is 28.8 Å². The second-order valence-electron chi connectivity index (χ2n) is 8.46. The molecule has 3 aromatic rings. The summed E-state index contributed by atoms with van der Waals surface area (Å²) >= 11 is 6.29. The summed E-state index contributed by atoms with van der Waals surface area (Å²) in [6.45, 7) is 3.93. The molecule has 2 aromatic carbocycles. The molecule has 1 heterocycles. The van der Waals surface area contributed by atoms with Gasteiger partial charge in [-0.2, -0.15) is 4.98 Å². The molecule has 0 aliphatic heterocycles. The van der Waals surface area contributed by atoms with Gasteiger partial charge < -0.3 is 20.9 Å². The number of sulfone groups is 1. The minimum atomic E-state index is -3.52. The first-order chi connectivity index (χ1) is 17.1. The molecule has 0 bridgehead atoms. The van der Waals surface area contributed by atoms with Gasteiger partial charge in [0, 0.05) is 24.0 Å². The van der Waals surface area contributed by atoms with Crippen LogP contribution in [0, 0.1) is 0 Å². The molecule has 0 aliphatic carbocycles. The first-order valence-corrected chi connectivity index (χ1v) is 13.1. The highest BCUT2D eigenvalue weighted by Gasteiger charge is 2.23. The Hall–Kier alpha value is -3.47. The molecular formula is C25H29ClN6O3S. The summed E-state index contributed by atoms with van der Waals surface area (Å²) in [6.07, 6.45) is 4.70. The molecule has 0 unspecified atom stereocenters. The smallest absolute Gasteiger partial charge is 0.248 e. The van der Waals surface area contributed by atoms with Crippen LogP contribution in [0.3, 0.4) is 0 Å². The van der Waals surface area contributed by atoms with Gasteiger partial charge >= 0.3 is 0 Å². The van der Waals surface area contributed by atoms with Crippen molar-refractivity contribution in [2.75, 3.05) is 36.6 Å². The predicted molar refractivity (Wildman–Crippen MR) is 145 cm³/mol. The van der Waals surface area contributed by atoms with Crippen molar-refractivity contribution < 1.29 is 13.2 Å². The summed E-state index contributed by atoms with van der Waals surface area (Å²) in [7, 11) is 0.326. The van der Waals surface area contributed by atoms with Gasteiger partial charge in [0.25, 0.3) is 0 Å². The average molecular weight is 529 g/mol. The largest absolute Gasteiger partial charge is 0.338 e. The van der Waals surface area contributed by atoms with Crippen molar-refractivity contribution in [2.24, 2.45) is 0 Å². The zero-order valence-electron chi connectivity index (χ0n) is 20.5. The fraction of sp³-hybridized carbons (Fsp3) is 0.240. The van der Waals surface area contributed by atoms with E-state index < -0.39 is 15.1 Å². The Labute approximate surface area is 216 Å². The molecule has 3 N–H and O–H groups in total. The number of halogens is 1. The molecule has 0 radical (unpaired) electrons. The molecule has 11 heteroatoms. The van der Waals surface area contributed by atoms with Crippen LogP contribution in [0.15, 0.2) is 71.8 Å². The van der Waals surface area contributed by atoms with E-state index in [0.717, 1.165) is 0 Å². The third-order valence-electron chi connectivity index (χ3n) is 4.96. The van der Waals surface area contributed by atoms with E-state index >= 15 is 0 Å². The van der Waals surface area contributed by atoms with E-state index in [1.165, 1.54) is 12.3 Å². The lowest BCUT2D eigenvalue weighted by Crippen LogP contribution is -2.15. The molecule has 3 rings (SSSR count). The Morgan fingerprint density at radius 1 is 1.06 bits per heavy atom. The highest BCUT2D eigenvalue weighted by Crippen LogP contribution is 2.30. The van der Waals surface area contributed by atoms with Crippen LogP contribution in [-0.2, 0) is 14.6 Å². The number of amides is 1. The van der Waals surface area contributed by atoms with Gasteiger partial charge in [-0.05, 0) is 64.3 Å². The Morgan fingerprint density at radius 3 is 2.39 bits per heavy atom. The first kappa shape index (κ1) is 27.1. The molecule has 9 nitrogen and oxygen atoms in total. The van der Waals surface area contributed by atoms with E-state index in [1.807, 2.05) is 19.0 Å². The lowest BCUT2D eigenvalue weighted by Gasteiger charge is -2.15. The highest BCUT2D eigenvalue weighted by molar-refractivity contribution is 7.92. The van der Waals surface area contributed by atoms with Crippen molar-refractivity contribution in [3.63, 3.8) is 0 Å². The van der Waals surface area contributed by atoms with Gasteiger partial charge in [-0.25, -0.2) is 13.4 Å². The van der Waals surface area contributed by atoms with Crippen molar-refractivity contribution in [3.8, 4) is 0 Å². The van der Waals surface area contributed by atoms with Gasteiger partial charge in [-0.1, -0.05) is 29.8 Å². The lowest BCUT2D eigenvalue weighted by atomic mass is 10.2. The summed E-state index contributed by atoms with van der Waals surface area (Å²) in [6, 6.07) is 13.6. The molecule has 0 saturated carbocycles. The Balaban J connectivity index is 1.73. The lowest BCUT2D eigenvalue weighted by molar-refractivity contribution is -0.111. The highest BCUT2D eigenvalue weighted by atomic mass is 35.5. The Morgan fingerprint density at radius 2 is 1.72 bits per heavy atom. The number of benzene rings is 2. The second kappa shape index (κ2) is 12.0. The topological polar surface area (TPSA) is 116 Å². The minimum Gasteiger partial charge on any atom is -0.338 e. The molecule has 0 aliphatic rings. The zero-order chi connectivity index (χ0) is 26.3. The minimum absolute atomic E-state index is 0.165. The zero-order valence-corrected chi connectivity index (χ0v) is 22.1. The number of anilines is 5. The summed E-state index contributed by atoms with van der Waals surface area (Å²) in [4.78, 5) is 22.7. The van der Waals surface area contributed by atoms with Crippen molar-refractivity contribution in [1.82, 2.24) is 14.9 Å². The summed E-state index contributed by atoms with van der Waals surface area (Å²) in [5.74, 6) is 0.303. The fourth-order valence-corrected chi connectivity index (χ4v) is 4.38. The van der Waals surface area contributed by atoms with Crippen LogP contribution in [0.1, 0.15) is 13.8 Å². The van der Waals surface area contributed by atoms with Crippen LogP contribution in [0.2, 0.25) is 5.02 Å². The second-order valence-corrected chi connectivity index (χ2v) is 11.3. The maximum Gasteiger partial charge on any atom is 0.248 e. The van der Waals surface area contributed by atoms with E-state index in [0.29, 0.717) is 23.6 Å². The Bertz CT molecular complexity index is 1340. The SMILES string of the molecule is CC(C)S(=O)(=O)c1ccccc1Nc1nc(Nc2ccc(NC(=O)/C=C/CN(C)C)cc2)ncc1Cl. The third kappa shape index (κ3) is 7.27. The number of carbonyl (C=O) groups excluding carboxylic acids is 1. The van der Waals surface area contributed by atoms with Gasteiger partial charge in [0.1, 0.15) is 5.02 Å². The number of nitrogens with one attached hydrogen (secondary N) is 3. The van der Waals surface area contributed by atoms with Crippen LogP contribution in [-0.4, -0.2) is 55.1 Å². The van der Waals surface area contributed by atoms with Crippen LogP contribution < -0.4 is 16.0 Å². The number of aromatic nitrogens is 2. The van der Waals surface area contributed by atoms with Crippen molar-refractivity contribution in [3.05, 3.63) is 71.9 Å². The summed E-state index contributed by atoms with van der Waals surface area (Å²) in [5.41, 5.74) is 1.70. The van der Waals surface area contributed by atoms with Gasteiger partial charge in [-0.15, -0.1) is 0 Å². The number of carbonyl (C=O) groups is 1. The number of hydrogen-bond acceptors (Lipinski definition) is 8. The molecule has 190 valence electrons.